The summed E-state index contributed by atoms with van der Waals surface area (Å²) in [6.07, 6.45) is 0. The maximum Gasteiger partial charge on any atom is 0.163 e. The summed E-state index contributed by atoms with van der Waals surface area (Å²) in [5.74, 6) is 1.38. The molecule has 2 N–H and O–H groups in total. The van der Waals surface area contributed by atoms with Crippen LogP contribution in [0.1, 0.15) is 11.1 Å². The van der Waals surface area contributed by atoms with Gasteiger partial charge in [0.05, 0.1) is 7.11 Å². The highest BCUT2D eigenvalue weighted by molar-refractivity contribution is 5.57. The molecule has 0 unspecified atom stereocenters. The molecule has 0 saturated heterocycles. The Labute approximate surface area is 107 Å². The number of nitrogen functional groups attached to an aromatic ring is 1. The maximum absolute atomic E-state index is 5.88. The lowest BCUT2D eigenvalue weighted by molar-refractivity contribution is 0.284. The summed E-state index contributed by atoms with van der Waals surface area (Å²) in [6.45, 7) is 2.44. The van der Waals surface area contributed by atoms with Gasteiger partial charge >= 0.3 is 0 Å². The summed E-state index contributed by atoms with van der Waals surface area (Å²) < 4.78 is 11.0. The van der Waals surface area contributed by atoms with Gasteiger partial charge in [0.1, 0.15) is 6.61 Å². The van der Waals surface area contributed by atoms with Crippen LogP contribution in [-0.4, -0.2) is 7.11 Å². The first-order valence-corrected chi connectivity index (χ1v) is 5.81. The quantitative estimate of drug-likeness (QED) is 0.839. The standard InChI is InChI=1S/C15H17NO2/c1-11-8-14(17-2)15(9-13(11)16)18-10-12-6-4-3-5-7-12/h3-9H,10,16H2,1-2H3. The summed E-state index contributed by atoms with van der Waals surface area (Å²) in [4.78, 5) is 0. The summed E-state index contributed by atoms with van der Waals surface area (Å²) in [5, 5.41) is 0. The second kappa shape index (κ2) is 5.45. The van der Waals surface area contributed by atoms with E-state index >= 15 is 0 Å². The van der Waals surface area contributed by atoms with Crippen LogP contribution in [0.4, 0.5) is 5.69 Å². The Hall–Kier alpha value is -2.16. The highest BCUT2D eigenvalue weighted by Crippen LogP contribution is 2.32. The Morgan fingerprint density at radius 1 is 1.06 bits per heavy atom. The fourth-order valence-corrected chi connectivity index (χ4v) is 1.68. The SMILES string of the molecule is COc1cc(C)c(N)cc1OCc1ccccc1. The predicted molar refractivity (Wildman–Crippen MR) is 72.9 cm³/mol. The Morgan fingerprint density at radius 2 is 1.78 bits per heavy atom. The molecule has 0 atom stereocenters. The predicted octanol–water partition coefficient (Wildman–Crippen LogP) is 3.16. The van der Waals surface area contributed by atoms with E-state index in [1.807, 2.05) is 43.3 Å². The van der Waals surface area contributed by atoms with Crippen molar-refractivity contribution in [3.63, 3.8) is 0 Å². The van der Waals surface area contributed by atoms with E-state index in [-0.39, 0.29) is 0 Å². The van der Waals surface area contributed by atoms with E-state index in [2.05, 4.69) is 0 Å². The Balaban J connectivity index is 2.16. The molecule has 0 aliphatic rings. The zero-order valence-corrected chi connectivity index (χ0v) is 10.6. The van der Waals surface area contributed by atoms with Gasteiger partial charge in [-0.2, -0.15) is 0 Å². The molecule has 0 heterocycles. The monoisotopic (exact) mass is 243 g/mol. The molecule has 0 bridgehead atoms. The van der Waals surface area contributed by atoms with Gasteiger partial charge < -0.3 is 15.2 Å². The molecule has 0 spiro atoms. The van der Waals surface area contributed by atoms with Gasteiger partial charge in [0.15, 0.2) is 11.5 Å². The maximum atomic E-state index is 5.88. The third-order valence-electron chi connectivity index (χ3n) is 2.79. The molecule has 3 heteroatoms. The lowest BCUT2D eigenvalue weighted by Gasteiger charge is -2.13. The molecule has 3 nitrogen and oxygen atoms in total. The molecular formula is C15H17NO2. The van der Waals surface area contributed by atoms with Crippen LogP contribution in [0, 0.1) is 6.92 Å². The Morgan fingerprint density at radius 3 is 2.44 bits per heavy atom. The number of ether oxygens (including phenoxy) is 2. The average Bonchev–Trinajstić information content (AvgIpc) is 2.41. The molecule has 0 aliphatic heterocycles. The van der Waals surface area contributed by atoms with Gasteiger partial charge in [0, 0.05) is 11.8 Å². The fraction of sp³-hybridized carbons (Fsp3) is 0.200. The van der Waals surface area contributed by atoms with Crippen LogP contribution in [-0.2, 0) is 6.61 Å². The molecule has 0 saturated carbocycles. The van der Waals surface area contributed by atoms with Gasteiger partial charge in [-0.25, -0.2) is 0 Å². The molecule has 0 radical (unpaired) electrons. The van der Waals surface area contributed by atoms with E-state index in [1.165, 1.54) is 0 Å². The number of hydrogen-bond acceptors (Lipinski definition) is 3. The zero-order chi connectivity index (χ0) is 13.0. The minimum Gasteiger partial charge on any atom is -0.493 e. The van der Waals surface area contributed by atoms with Crippen molar-refractivity contribution >= 4 is 5.69 Å². The summed E-state index contributed by atoms with van der Waals surface area (Å²) in [6, 6.07) is 13.7. The third-order valence-corrected chi connectivity index (χ3v) is 2.79. The van der Waals surface area contributed by atoms with Crippen LogP contribution in [0.5, 0.6) is 11.5 Å². The fourth-order valence-electron chi connectivity index (χ4n) is 1.68. The van der Waals surface area contributed by atoms with Crippen molar-refractivity contribution in [2.24, 2.45) is 0 Å². The molecule has 2 aromatic rings. The molecule has 18 heavy (non-hydrogen) atoms. The first-order valence-electron chi connectivity index (χ1n) is 5.81. The highest BCUT2D eigenvalue weighted by atomic mass is 16.5. The number of benzene rings is 2. The normalized spacial score (nSPS) is 10.1. The Bertz CT molecular complexity index is 524. The van der Waals surface area contributed by atoms with E-state index < -0.39 is 0 Å². The van der Waals surface area contributed by atoms with E-state index in [1.54, 1.807) is 13.2 Å². The number of methoxy groups -OCH3 is 1. The van der Waals surface area contributed by atoms with Crippen molar-refractivity contribution in [2.45, 2.75) is 13.5 Å². The zero-order valence-electron chi connectivity index (χ0n) is 10.6. The second-order valence-corrected chi connectivity index (χ2v) is 4.13. The summed E-state index contributed by atoms with van der Waals surface area (Å²) in [5.41, 5.74) is 8.68. The molecule has 94 valence electrons. The molecule has 2 aromatic carbocycles. The average molecular weight is 243 g/mol. The van der Waals surface area contributed by atoms with Gasteiger partial charge in [-0.1, -0.05) is 30.3 Å². The van der Waals surface area contributed by atoms with Crippen molar-refractivity contribution < 1.29 is 9.47 Å². The van der Waals surface area contributed by atoms with Crippen molar-refractivity contribution in [1.82, 2.24) is 0 Å². The number of nitrogens with two attached hydrogens (primary N) is 1. The molecule has 0 fully saturated rings. The van der Waals surface area contributed by atoms with Crippen LogP contribution in [0.15, 0.2) is 42.5 Å². The van der Waals surface area contributed by atoms with Crippen molar-refractivity contribution in [3.05, 3.63) is 53.6 Å². The van der Waals surface area contributed by atoms with E-state index in [4.69, 9.17) is 15.2 Å². The van der Waals surface area contributed by atoms with Gasteiger partial charge in [-0.05, 0) is 24.1 Å². The molecular weight excluding hydrogens is 226 g/mol. The molecule has 2 rings (SSSR count). The second-order valence-electron chi connectivity index (χ2n) is 4.13. The van der Waals surface area contributed by atoms with Crippen LogP contribution in [0.25, 0.3) is 0 Å². The molecule has 0 aliphatic carbocycles. The number of anilines is 1. The van der Waals surface area contributed by atoms with Crippen LogP contribution in [0.2, 0.25) is 0 Å². The van der Waals surface area contributed by atoms with Crippen molar-refractivity contribution in [2.75, 3.05) is 12.8 Å². The van der Waals surface area contributed by atoms with E-state index in [0.29, 0.717) is 23.8 Å². The van der Waals surface area contributed by atoms with Crippen molar-refractivity contribution in [3.8, 4) is 11.5 Å². The lowest BCUT2D eigenvalue weighted by Crippen LogP contribution is -1.99. The van der Waals surface area contributed by atoms with E-state index in [0.717, 1.165) is 11.1 Å². The number of hydrogen-bond donors (Lipinski definition) is 1. The first-order chi connectivity index (χ1) is 8.70. The van der Waals surface area contributed by atoms with Gasteiger partial charge in [-0.15, -0.1) is 0 Å². The topological polar surface area (TPSA) is 44.5 Å². The number of rotatable bonds is 4. The van der Waals surface area contributed by atoms with Gasteiger partial charge in [0.2, 0.25) is 0 Å². The lowest BCUT2D eigenvalue weighted by atomic mass is 10.2. The highest BCUT2D eigenvalue weighted by Gasteiger charge is 2.07. The first kappa shape index (κ1) is 12.3. The molecule has 0 amide bonds. The van der Waals surface area contributed by atoms with Crippen LogP contribution < -0.4 is 15.2 Å². The largest absolute Gasteiger partial charge is 0.493 e. The van der Waals surface area contributed by atoms with Gasteiger partial charge in [-0.3, -0.25) is 0 Å². The van der Waals surface area contributed by atoms with Crippen LogP contribution in [0.3, 0.4) is 0 Å². The molecule has 0 aromatic heterocycles. The summed E-state index contributed by atoms with van der Waals surface area (Å²) in [7, 11) is 1.63. The minimum atomic E-state index is 0.500. The summed E-state index contributed by atoms with van der Waals surface area (Å²) >= 11 is 0. The van der Waals surface area contributed by atoms with Gasteiger partial charge in [0.25, 0.3) is 0 Å². The van der Waals surface area contributed by atoms with Crippen LogP contribution >= 0.6 is 0 Å². The smallest absolute Gasteiger partial charge is 0.163 e. The third kappa shape index (κ3) is 2.74. The number of aryl methyl sites for hydroxylation is 1. The minimum absolute atomic E-state index is 0.500. The Kier molecular flexibility index (Phi) is 3.72. The van der Waals surface area contributed by atoms with Crippen molar-refractivity contribution in [1.29, 1.82) is 0 Å². The van der Waals surface area contributed by atoms with E-state index in [9.17, 15) is 0 Å².